The third-order valence-corrected chi connectivity index (χ3v) is 5.20. The average Bonchev–Trinajstić information content (AvgIpc) is 3.30. The van der Waals surface area contributed by atoms with Gasteiger partial charge in [0.1, 0.15) is 18.4 Å². The predicted molar refractivity (Wildman–Crippen MR) is 119 cm³/mol. The number of carbonyl (C=O) groups excluding carboxylic acids is 2. The highest BCUT2D eigenvalue weighted by Gasteiger charge is 2.26. The van der Waals surface area contributed by atoms with Crippen molar-refractivity contribution in [3.63, 3.8) is 0 Å². The lowest BCUT2D eigenvalue weighted by atomic mass is 10.1. The summed E-state index contributed by atoms with van der Waals surface area (Å²) in [6.45, 7) is 4.55. The lowest BCUT2D eigenvalue weighted by molar-refractivity contribution is -0.120. The Balaban J connectivity index is 1.70. The summed E-state index contributed by atoms with van der Waals surface area (Å²) in [6, 6.07) is 15.6. The number of hydrogen-bond donors (Lipinski definition) is 1. The number of aromatic nitrogens is 1. The molecular weight excluding hydrogens is 398 g/mol. The van der Waals surface area contributed by atoms with Gasteiger partial charge in [-0.3, -0.25) is 9.59 Å². The first-order valence-corrected chi connectivity index (χ1v) is 10.8. The van der Waals surface area contributed by atoms with E-state index in [1.165, 1.54) is 11.3 Å². The van der Waals surface area contributed by atoms with Crippen LogP contribution in [0, 0.1) is 0 Å². The van der Waals surface area contributed by atoms with Crippen LogP contribution in [0.3, 0.4) is 0 Å². The molecule has 0 bridgehead atoms. The Morgan fingerprint density at radius 1 is 1.17 bits per heavy atom. The smallest absolute Gasteiger partial charge is 0.254 e. The van der Waals surface area contributed by atoms with E-state index in [1.807, 2.05) is 42.6 Å². The summed E-state index contributed by atoms with van der Waals surface area (Å²) in [6.07, 6.45) is 0.745. The molecule has 1 aromatic heterocycles. The van der Waals surface area contributed by atoms with Crippen molar-refractivity contribution < 1.29 is 14.3 Å². The number of carbonyl (C=O) groups is 2. The molecule has 7 heteroatoms. The van der Waals surface area contributed by atoms with Gasteiger partial charge in [-0.25, -0.2) is 4.98 Å². The van der Waals surface area contributed by atoms with E-state index in [0.29, 0.717) is 30.2 Å². The van der Waals surface area contributed by atoms with Gasteiger partial charge in [-0.1, -0.05) is 31.2 Å². The lowest BCUT2D eigenvalue weighted by Crippen LogP contribution is -2.46. The van der Waals surface area contributed by atoms with Crippen LogP contribution in [-0.2, 0) is 11.4 Å². The summed E-state index contributed by atoms with van der Waals surface area (Å²) >= 11 is 1.51. The summed E-state index contributed by atoms with van der Waals surface area (Å²) in [5.74, 6) is 0.164. The van der Waals surface area contributed by atoms with E-state index >= 15 is 0 Å². The Morgan fingerprint density at radius 3 is 2.67 bits per heavy atom. The number of anilines is 1. The molecule has 0 saturated heterocycles. The Morgan fingerprint density at radius 2 is 1.97 bits per heavy atom. The summed E-state index contributed by atoms with van der Waals surface area (Å²) in [4.78, 5) is 31.7. The van der Waals surface area contributed by atoms with Gasteiger partial charge in [0.05, 0.1) is 11.2 Å². The highest BCUT2D eigenvalue weighted by molar-refractivity contribution is 7.07. The minimum absolute atomic E-state index is 0.202. The van der Waals surface area contributed by atoms with Crippen LogP contribution in [0.5, 0.6) is 5.75 Å². The van der Waals surface area contributed by atoms with E-state index in [4.69, 9.17) is 4.74 Å². The quantitative estimate of drug-likeness (QED) is 0.546. The highest BCUT2D eigenvalue weighted by Crippen LogP contribution is 2.19. The minimum atomic E-state index is -0.614. The SMILES string of the molecule is CCCN(C(=O)c1cccc(OCc2cscn2)c1)C(C)C(=O)Nc1ccccc1. The molecule has 156 valence electrons. The van der Waals surface area contributed by atoms with Crippen LogP contribution in [0.2, 0.25) is 0 Å². The molecule has 1 atom stereocenters. The molecule has 0 spiro atoms. The van der Waals surface area contributed by atoms with E-state index in [1.54, 1.807) is 41.6 Å². The molecule has 30 heavy (non-hydrogen) atoms. The largest absolute Gasteiger partial charge is 0.487 e. The molecule has 6 nitrogen and oxygen atoms in total. The second kappa shape index (κ2) is 10.5. The fraction of sp³-hybridized carbons (Fsp3) is 0.261. The van der Waals surface area contributed by atoms with Gasteiger partial charge in [0, 0.05) is 23.2 Å². The Bertz CT molecular complexity index is 961. The number of ether oxygens (including phenoxy) is 1. The maximum atomic E-state index is 13.2. The van der Waals surface area contributed by atoms with Crippen molar-refractivity contribution in [1.29, 1.82) is 0 Å². The van der Waals surface area contributed by atoms with Crippen molar-refractivity contribution in [3.05, 3.63) is 76.7 Å². The summed E-state index contributed by atoms with van der Waals surface area (Å²) in [5, 5.41) is 4.79. The van der Waals surface area contributed by atoms with Gasteiger partial charge >= 0.3 is 0 Å². The molecule has 2 aromatic carbocycles. The summed E-state index contributed by atoms with van der Waals surface area (Å²) in [5.41, 5.74) is 3.79. The van der Waals surface area contributed by atoms with Crippen LogP contribution < -0.4 is 10.1 Å². The number of thiazole rings is 1. The van der Waals surface area contributed by atoms with Crippen LogP contribution in [-0.4, -0.2) is 34.3 Å². The molecule has 0 aliphatic carbocycles. The second-order valence-corrected chi connectivity index (χ2v) is 7.54. The molecular formula is C23H25N3O3S. The first-order chi connectivity index (χ1) is 14.6. The molecule has 1 N–H and O–H groups in total. The number of rotatable bonds is 9. The molecule has 1 unspecified atom stereocenters. The van der Waals surface area contributed by atoms with Crippen molar-refractivity contribution in [3.8, 4) is 5.75 Å². The van der Waals surface area contributed by atoms with Crippen LogP contribution >= 0.6 is 11.3 Å². The number of amides is 2. The maximum absolute atomic E-state index is 13.2. The number of nitrogens with one attached hydrogen (secondary N) is 1. The number of benzene rings is 2. The first-order valence-electron chi connectivity index (χ1n) is 9.85. The van der Waals surface area contributed by atoms with Gasteiger partial charge < -0.3 is 15.0 Å². The zero-order valence-corrected chi connectivity index (χ0v) is 17.9. The Labute approximate surface area is 180 Å². The normalized spacial score (nSPS) is 11.5. The first kappa shape index (κ1) is 21.5. The van der Waals surface area contributed by atoms with Gasteiger partial charge in [0.15, 0.2) is 0 Å². The van der Waals surface area contributed by atoms with E-state index < -0.39 is 6.04 Å². The van der Waals surface area contributed by atoms with Crippen LogP contribution in [0.4, 0.5) is 5.69 Å². The monoisotopic (exact) mass is 423 g/mol. The molecule has 0 fully saturated rings. The second-order valence-electron chi connectivity index (χ2n) is 6.83. The molecule has 3 rings (SSSR count). The summed E-state index contributed by atoms with van der Waals surface area (Å²) < 4.78 is 5.76. The van der Waals surface area contributed by atoms with Crippen molar-refractivity contribution >= 4 is 28.8 Å². The maximum Gasteiger partial charge on any atom is 0.254 e. The minimum Gasteiger partial charge on any atom is -0.487 e. The Kier molecular flexibility index (Phi) is 7.57. The fourth-order valence-electron chi connectivity index (χ4n) is 2.97. The van der Waals surface area contributed by atoms with Crippen molar-refractivity contribution in [2.45, 2.75) is 32.9 Å². The standard InChI is InChI=1S/C23H25N3O3S/c1-3-12-26(17(2)22(27)25-19-9-5-4-6-10-19)23(28)18-8-7-11-21(13-18)29-14-20-15-30-16-24-20/h4-11,13,15-17H,3,12,14H2,1-2H3,(H,25,27). The third kappa shape index (κ3) is 5.67. The van der Waals surface area contributed by atoms with Crippen molar-refractivity contribution in [2.24, 2.45) is 0 Å². The summed E-state index contributed by atoms with van der Waals surface area (Å²) in [7, 11) is 0. The van der Waals surface area contributed by atoms with Crippen LogP contribution in [0.15, 0.2) is 65.5 Å². The molecule has 0 saturated carbocycles. The third-order valence-electron chi connectivity index (χ3n) is 4.56. The van der Waals surface area contributed by atoms with E-state index in [2.05, 4.69) is 10.3 Å². The molecule has 0 radical (unpaired) electrons. The van der Waals surface area contributed by atoms with Crippen LogP contribution in [0.25, 0.3) is 0 Å². The molecule has 0 aliphatic rings. The number of para-hydroxylation sites is 1. The van der Waals surface area contributed by atoms with Crippen molar-refractivity contribution in [1.82, 2.24) is 9.88 Å². The molecule has 3 aromatic rings. The lowest BCUT2D eigenvalue weighted by Gasteiger charge is -2.28. The number of nitrogens with zero attached hydrogens (tertiary/aromatic N) is 2. The van der Waals surface area contributed by atoms with E-state index in [9.17, 15) is 9.59 Å². The highest BCUT2D eigenvalue weighted by atomic mass is 32.1. The molecule has 1 heterocycles. The van der Waals surface area contributed by atoms with Gasteiger partial charge in [0.25, 0.3) is 5.91 Å². The van der Waals surface area contributed by atoms with Gasteiger partial charge in [0.2, 0.25) is 5.91 Å². The molecule has 0 aliphatic heterocycles. The zero-order chi connectivity index (χ0) is 21.3. The van der Waals surface area contributed by atoms with Gasteiger partial charge in [-0.2, -0.15) is 0 Å². The van der Waals surface area contributed by atoms with E-state index in [0.717, 1.165) is 12.1 Å². The van der Waals surface area contributed by atoms with Gasteiger partial charge in [-0.15, -0.1) is 11.3 Å². The predicted octanol–water partition coefficient (Wildman–Crippen LogP) is 4.60. The average molecular weight is 424 g/mol. The fourth-order valence-corrected chi connectivity index (χ4v) is 3.52. The van der Waals surface area contributed by atoms with E-state index in [-0.39, 0.29) is 11.8 Å². The van der Waals surface area contributed by atoms with Gasteiger partial charge in [-0.05, 0) is 43.7 Å². The zero-order valence-electron chi connectivity index (χ0n) is 17.1. The van der Waals surface area contributed by atoms with Crippen molar-refractivity contribution in [2.75, 3.05) is 11.9 Å². The number of hydrogen-bond acceptors (Lipinski definition) is 5. The Hall–Kier alpha value is -3.19. The van der Waals surface area contributed by atoms with Crippen LogP contribution in [0.1, 0.15) is 36.3 Å². The topological polar surface area (TPSA) is 71.5 Å². The molecule has 2 amide bonds.